The molecular formula is C9H19NO2. The van der Waals surface area contributed by atoms with E-state index in [0.717, 1.165) is 13.0 Å². The van der Waals surface area contributed by atoms with Crippen LogP contribution in [0.2, 0.25) is 0 Å². The molecule has 0 aliphatic carbocycles. The van der Waals surface area contributed by atoms with Gasteiger partial charge in [0.1, 0.15) is 0 Å². The van der Waals surface area contributed by atoms with E-state index in [0.29, 0.717) is 19.3 Å². The number of aliphatic hydroxyl groups excluding tert-OH is 1. The second-order valence-electron chi connectivity index (χ2n) is 2.67. The van der Waals surface area contributed by atoms with Gasteiger partial charge in [0.15, 0.2) is 0 Å². The molecular weight excluding hydrogens is 154 g/mol. The second-order valence-corrected chi connectivity index (χ2v) is 2.67. The molecule has 12 heavy (non-hydrogen) atoms. The van der Waals surface area contributed by atoms with Gasteiger partial charge >= 0.3 is 0 Å². The van der Waals surface area contributed by atoms with Crippen molar-refractivity contribution < 1.29 is 9.84 Å². The summed E-state index contributed by atoms with van der Waals surface area (Å²) in [6.45, 7) is 7.90. The van der Waals surface area contributed by atoms with Gasteiger partial charge in [-0.25, -0.2) is 0 Å². The van der Waals surface area contributed by atoms with Crippen LogP contribution in [0, 0.1) is 0 Å². The number of ether oxygens (including phenoxy) is 1. The van der Waals surface area contributed by atoms with Gasteiger partial charge < -0.3 is 15.2 Å². The van der Waals surface area contributed by atoms with E-state index in [9.17, 15) is 0 Å². The standard InChI is InChI=1S/C9H19NO2/c1-3-9(2)10-5-4-7-12-8-6-11/h3,9-11H,1,4-8H2,2H3. The fourth-order valence-electron chi connectivity index (χ4n) is 0.754. The second kappa shape index (κ2) is 8.71. The fourth-order valence-corrected chi connectivity index (χ4v) is 0.754. The van der Waals surface area contributed by atoms with E-state index >= 15 is 0 Å². The Morgan fingerprint density at radius 2 is 2.33 bits per heavy atom. The Morgan fingerprint density at radius 3 is 2.92 bits per heavy atom. The van der Waals surface area contributed by atoms with Gasteiger partial charge in [-0.1, -0.05) is 6.08 Å². The summed E-state index contributed by atoms with van der Waals surface area (Å²) < 4.78 is 5.08. The minimum Gasteiger partial charge on any atom is -0.394 e. The third-order valence-electron chi connectivity index (χ3n) is 1.52. The molecule has 0 bridgehead atoms. The molecule has 0 aliphatic rings. The lowest BCUT2D eigenvalue weighted by Crippen LogP contribution is -2.25. The Bertz CT molecular complexity index is 107. The Hall–Kier alpha value is -0.380. The van der Waals surface area contributed by atoms with Gasteiger partial charge in [0.25, 0.3) is 0 Å². The zero-order chi connectivity index (χ0) is 9.23. The molecule has 0 saturated carbocycles. The molecule has 0 fully saturated rings. The average Bonchev–Trinajstić information content (AvgIpc) is 2.10. The van der Waals surface area contributed by atoms with Crippen molar-refractivity contribution in [1.82, 2.24) is 5.32 Å². The van der Waals surface area contributed by atoms with Gasteiger partial charge in [0.05, 0.1) is 13.2 Å². The van der Waals surface area contributed by atoms with Gasteiger partial charge in [-0.15, -0.1) is 6.58 Å². The fraction of sp³-hybridized carbons (Fsp3) is 0.778. The first-order chi connectivity index (χ1) is 5.81. The third kappa shape index (κ3) is 7.72. The molecule has 0 amide bonds. The predicted molar refractivity (Wildman–Crippen MR) is 50.2 cm³/mol. The van der Waals surface area contributed by atoms with E-state index in [4.69, 9.17) is 9.84 Å². The average molecular weight is 173 g/mol. The summed E-state index contributed by atoms with van der Waals surface area (Å²) in [5, 5.41) is 11.6. The summed E-state index contributed by atoms with van der Waals surface area (Å²) in [5.41, 5.74) is 0. The number of rotatable bonds is 8. The molecule has 0 radical (unpaired) electrons. The van der Waals surface area contributed by atoms with Gasteiger partial charge in [-0.05, 0) is 19.9 Å². The molecule has 0 aromatic carbocycles. The Kier molecular flexibility index (Phi) is 8.44. The van der Waals surface area contributed by atoms with Crippen LogP contribution in [0.1, 0.15) is 13.3 Å². The van der Waals surface area contributed by atoms with E-state index in [1.807, 2.05) is 6.08 Å². The molecule has 0 rings (SSSR count). The molecule has 1 unspecified atom stereocenters. The number of aliphatic hydroxyl groups is 1. The van der Waals surface area contributed by atoms with Crippen molar-refractivity contribution in [3.8, 4) is 0 Å². The molecule has 0 aromatic heterocycles. The molecule has 1 atom stereocenters. The van der Waals surface area contributed by atoms with E-state index in [-0.39, 0.29) is 6.61 Å². The lowest BCUT2D eigenvalue weighted by molar-refractivity contribution is 0.0906. The van der Waals surface area contributed by atoms with Crippen LogP contribution in [-0.4, -0.2) is 37.5 Å². The smallest absolute Gasteiger partial charge is 0.0697 e. The summed E-state index contributed by atoms with van der Waals surface area (Å²) in [6, 6.07) is 0.364. The Labute approximate surface area is 74.4 Å². The normalized spacial score (nSPS) is 12.8. The van der Waals surface area contributed by atoms with Crippen molar-refractivity contribution in [2.45, 2.75) is 19.4 Å². The number of hydrogen-bond acceptors (Lipinski definition) is 3. The first-order valence-electron chi connectivity index (χ1n) is 4.35. The molecule has 0 spiro atoms. The maximum absolute atomic E-state index is 8.40. The molecule has 0 heterocycles. The summed E-state index contributed by atoms with van der Waals surface area (Å²) in [4.78, 5) is 0. The highest BCUT2D eigenvalue weighted by atomic mass is 16.5. The Morgan fingerprint density at radius 1 is 1.58 bits per heavy atom. The molecule has 3 nitrogen and oxygen atoms in total. The monoisotopic (exact) mass is 173 g/mol. The van der Waals surface area contributed by atoms with E-state index in [2.05, 4.69) is 18.8 Å². The van der Waals surface area contributed by atoms with Gasteiger partial charge in [-0.2, -0.15) is 0 Å². The minimum atomic E-state index is 0.108. The summed E-state index contributed by atoms with van der Waals surface area (Å²) in [7, 11) is 0. The number of nitrogens with one attached hydrogen (secondary N) is 1. The third-order valence-corrected chi connectivity index (χ3v) is 1.52. The maximum Gasteiger partial charge on any atom is 0.0697 e. The first-order valence-corrected chi connectivity index (χ1v) is 4.35. The largest absolute Gasteiger partial charge is 0.394 e. The van der Waals surface area contributed by atoms with Crippen LogP contribution in [0.3, 0.4) is 0 Å². The quantitative estimate of drug-likeness (QED) is 0.416. The van der Waals surface area contributed by atoms with Crippen molar-refractivity contribution >= 4 is 0 Å². The SMILES string of the molecule is C=CC(C)NCCCOCCO. The summed E-state index contributed by atoms with van der Waals surface area (Å²) in [6.07, 6.45) is 2.84. The van der Waals surface area contributed by atoms with Crippen LogP contribution in [-0.2, 0) is 4.74 Å². The minimum absolute atomic E-state index is 0.108. The van der Waals surface area contributed by atoms with E-state index in [1.54, 1.807) is 0 Å². The van der Waals surface area contributed by atoms with Crippen LogP contribution in [0.15, 0.2) is 12.7 Å². The lowest BCUT2D eigenvalue weighted by atomic mass is 10.3. The molecule has 0 aliphatic heterocycles. The van der Waals surface area contributed by atoms with Crippen molar-refractivity contribution in [3.63, 3.8) is 0 Å². The van der Waals surface area contributed by atoms with Gasteiger partial charge in [-0.3, -0.25) is 0 Å². The predicted octanol–water partition coefficient (Wildman–Crippen LogP) is 0.549. The molecule has 2 N–H and O–H groups in total. The zero-order valence-electron chi connectivity index (χ0n) is 7.75. The molecule has 72 valence electrons. The highest BCUT2D eigenvalue weighted by Crippen LogP contribution is 1.84. The van der Waals surface area contributed by atoms with Crippen molar-refractivity contribution in [3.05, 3.63) is 12.7 Å². The molecule has 0 aromatic rings. The Balaban J connectivity index is 2.95. The maximum atomic E-state index is 8.40. The first kappa shape index (κ1) is 11.6. The molecule has 0 saturated heterocycles. The summed E-state index contributed by atoms with van der Waals surface area (Å²) >= 11 is 0. The van der Waals surface area contributed by atoms with Gasteiger partial charge in [0, 0.05) is 12.6 Å². The van der Waals surface area contributed by atoms with E-state index < -0.39 is 0 Å². The van der Waals surface area contributed by atoms with E-state index in [1.165, 1.54) is 0 Å². The number of hydrogen-bond donors (Lipinski definition) is 2. The zero-order valence-corrected chi connectivity index (χ0v) is 7.75. The van der Waals surface area contributed by atoms with Crippen LogP contribution in [0.4, 0.5) is 0 Å². The van der Waals surface area contributed by atoms with Crippen LogP contribution in [0.25, 0.3) is 0 Å². The highest BCUT2D eigenvalue weighted by molar-refractivity contribution is 4.80. The van der Waals surface area contributed by atoms with Crippen LogP contribution in [0.5, 0.6) is 0 Å². The van der Waals surface area contributed by atoms with Crippen molar-refractivity contribution in [1.29, 1.82) is 0 Å². The van der Waals surface area contributed by atoms with Crippen LogP contribution < -0.4 is 5.32 Å². The van der Waals surface area contributed by atoms with Crippen LogP contribution >= 0.6 is 0 Å². The lowest BCUT2D eigenvalue weighted by Gasteiger charge is -2.08. The summed E-state index contributed by atoms with van der Waals surface area (Å²) in [5.74, 6) is 0. The van der Waals surface area contributed by atoms with Crippen molar-refractivity contribution in [2.75, 3.05) is 26.4 Å². The highest BCUT2D eigenvalue weighted by Gasteiger charge is 1.93. The van der Waals surface area contributed by atoms with Gasteiger partial charge in [0.2, 0.25) is 0 Å². The molecule has 3 heteroatoms. The van der Waals surface area contributed by atoms with Crippen molar-refractivity contribution in [2.24, 2.45) is 0 Å². The topological polar surface area (TPSA) is 41.5 Å².